The predicted octanol–water partition coefficient (Wildman–Crippen LogP) is 2.75. The van der Waals surface area contributed by atoms with Crippen molar-refractivity contribution < 1.29 is 23.1 Å². The Hall–Kier alpha value is -2.18. The van der Waals surface area contributed by atoms with Crippen molar-refractivity contribution in [2.75, 3.05) is 0 Å². The third-order valence-electron chi connectivity index (χ3n) is 1.88. The molecule has 1 N–H and O–H groups in total. The molecular formula is C11H9F3N2O2. The molecule has 18 heavy (non-hydrogen) atoms. The summed E-state index contributed by atoms with van der Waals surface area (Å²) in [5, 5.41) is 8.92. The summed E-state index contributed by atoms with van der Waals surface area (Å²) in [4.78, 5) is 18.3. The van der Waals surface area contributed by atoms with Gasteiger partial charge >= 0.3 is 6.18 Å². The van der Waals surface area contributed by atoms with E-state index in [4.69, 9.17) is 5.11 Å². The van der Waals surface area contributed by atoms with E-state index in [1.54, 1.807) is 12.1 Å². The summed E-state index contributed by atoms with van der Waals surface area (Å²) in [7, 11) is 0. The lowest BCUT2D eigenvalue weighted by molar-refractivity contribution is -0.125. The first kappa shape index (κ1) is 13.9. The fourth-order valence-electron chi connectivity index (χ4n) is 1.03. The molecular weight excluding hydrogens is 249 g/mol. The molecule has 0 bridgehead atoms. The number of alkyl halides is 3. The molecule has 1 aromatic rings. The van der Waals surface area contributed by atoms with Crippen molar-refractivity contribution in [2.45, 2.75) is 13.1 Å². The Bertz CT molecular complexity index is 493. The summed E-state index contributed by atoms with van der Waals surface area (Å²) >= 11 is 0. The molecule has 0 aromatic carbocycles. The number of Topliss-reactive ketones (excluding diaryl/α,β-unsaturated/α-hetero) is 1. The maximum atomic E-state index is 12.2. The number of allylic oxidation sites excluding steroid dienone is 2. The Kier molecular flexibility index (Phi) is 4.19. The molecule has 4 nitrogen and oxygen atoms in total. The minimum Gasteiger partial charge on any atom is -0.504 e. The van der Waals surface area contributed by atoms with Crippen LogP contribution in [0.15, 0.2) is 40.7 Å². The highest BCUT2D eigenvalue weighted by Crippen LogP contribution is 2.26. The molecule has 0 aliphatic rings. The number of carbonyl (C=O) groups excluding carboxylic acids is 1. The molecule has 0 fully saturated rings. The number of ketones is 1. The average Bonchev–Trinajstić information content (AvgIpc) is 2.28. The highest BCUT2D eigenvalue weighted by atomic mass is 19.4. The van der Waals surface area contributed by atoms with Crippen LogP contribution in [-0.4, -0.2) is 28.3 Å². The van der Waals surface area contributed by atoms with Gasteiger partial charge in [-0.15, -0.1) is 0 Å². The minimum absolute atomic E-state index is 0.131. The molecule has 0 amide bonds. The Morgan fingerprint density at radius 3 is 2.56 bits per heavy atom. The minimum atomic E-state index is -4.99. The van der Waals surface area contributed by atoms with Crippen molar-refractivity contribution >= 4 is 17.8 Å². The number of hydrogen-bond acceptors (Lipinski definition) is 4. The Morgan fingerprint density at radius 1 is 1.44 bits per heavy atom. The van der Waals surface area contributed by atoms with Crippen LogP contribution >= 0.6 is 0 Å². The largest absolute Gasteiger partial charge is 0.504 e. The van der Waals surface area contributed by atoms with Crippen molar-refractivity contribution in [3.63, 3.8) is 0 Å². The Balaban J connectivity index is 3.10. The highest BCUT2D eigenvalue weighted by Gasteiger charge is 2.37. The smallest absolute Gasteiger partial charge is 0.449 e. The van der Waals surface area contributed by atoms with E-state index >= 15 is 0 Å². The standard InChI is InChI=1S/C11H9F3N2O2/c1-7(17)8(10(18)11(12,13)14)6-16-9-4-2-3-5-15-9/h2-6,18H,1H3. The van der Waals surface area contributed by atoms with Gasteiger partial charge in [-0.3, -0.25) is 4.79 Å². The lowest BCUT2D eigenvalue weighted by Crippen LogP contribution is -2.17. The van der Waals surface area contributed by atoms with Crippen LogP contribution in [-0.2, 0) is 4.79 Å². The second kappa shape index (κ2) is 5.44. The van der Waals surface area contributed by atoms with Crippen molar-refractivity contribution in [3.05, 3.63) is 35.7 Å². The van der Waals surface area contributed by atoms with E-state index in [0.717, 1.165) is 6.92 Å². The summed E-state index contributed by atoms with van der Waals surface area (Å²) in [5.41, 5.74) is -0.909. The Labute approximate surface area is 100 Å². The normalized spacial score (nSPS) is 13.6. The monoisotopic (exact) mass is 258 g/mol. The van der Waals surface area contributed by atoms with E-state index in [1.807, 2.05) is 0 Å². The van der Waals surface area contributed by atoms with Gasteiger partial charge in [0.1, 0.15) is 0 Å². The van der Waals surface area contributed by atoms with Gasteiger partial charge < -0.3 is 5.11 Å². The fourth-order valence-corrected chi connectivity index (χ4v) is 1.03. The van der Waals surface area contributed by atoms with Gasteiger partial charge in [-0.2, -0.15) is 13.2 Å². The van der Waals surface area contributed by atoms with E-state index in [0.29, 0.717) is 6.21 Å². The molecule has 1 aromatic heterocycles. The van der Waals surface area contributed by atoms with Gasteiger partial charge in [-0.1, -0.05) is 6.07 Å². The number of nitrogens with zero attached hydrogens (tertiary/aromatic N) is 2. The molecule has 1 rings (SSSR count). The molecule has 0 unspecified atom stereocenters. The fraction of sp³-hybridized carbons (Fsp3) is 0.182. The molecule has 7 heteroatoms. The van der Waals surface area contributed by atoms with Gasteiger partial charge in [0.25, 0.3) is 0 Å². The van der Waals surface area contributed by atoms with Gasteiger partial charge in [0.15, 0.2) is 11.6 Å². The van der Waals surface area contributed by atoms with Crippen LogP contribution in [0.25, 0.3) is 0 Å². The number of pyridine rings is 1. The zero-order chi connectivity index (χ0) is 13.8. The van der Waals surface area contributed by atoms with E-state index in [2.05, 4.69) is 9.98 Å². The number of aliphatic imine (C=N–C) groups is 1. The van der Waals surface area contributed by atoms with Crippen LogP contribution in [0.1, 0.15) is 6.92 Å². The van der Waals surface area contributed by atoms with Crippen molar-refractivity contribution in [2.24, 2.45) is 4.99 Å². The topological polar surface area (TPSA) is 62.5 Å². The maximum Gasteiger partial charge on any atom is 0.449 e. The number of aliphatic hydroxyl groups is 1. The van der Waals surface area contributed by atoms with Crippen LogP contribution in [0.5, 0.6) is 0 Å². The van der Waals surface area contributed by atoms with Crippen LogP contribution in [0, 0.1) is 0 Å². The van der Waals surface area contributed by atoms with Gasteiger partial charge in [0, 0.05) is 12.4 Å². The third kappa shape index (κ3) is 3.69. The summed E-state index contributed by atoms with van der Waals surface area (Å²) in [6.07, 6.45) is -2.95. The highest BCUT2D eigenvalue weighted by molar-refractivity contribution is 6.13. The van der Waals surface area contributed by atoms with Gasteiger partial charge in [0.05, 0.1) is 5.57 Å². The summed E-state index contributed by atoms with van der Waals surface area (Å²) < 4.78 is 36.7. The first-order valence-corrected chi connectivity index (χ1v) is 4.79. The number of rotatable bonds is 3. The van der Waals surface area contributed by atoms with Crippen LogP contribution in [0.4, 0.5) is 19.0 Å². The zero-order valence-electron chi connectivity index (χ0n) is 9.27. The van der Waals surface area contributed by atoms with E-state index < -0.39 is 23.3 Å². The van der Waals surface area contributed by atoms with E-state index in [9.17, 15) is 18.0 Å². The second-order valence-electron chi connectivity index (χ2n) is 3.26. The average molecular weight is 258 g/mol. The van der Waals surface area contributed by atoms with Crippen LogP contribution < -0.4 is 0 Å². The molecule has 0 atom stereocenters. The van der Waals surface area contributed by atoms with E-state index in [-0.39, 0.29) is 5.82 Å². The van der Waals surface area contributed by atoms with Gasteiger partial charge in [0.2, 0.25) is 5.76 Å². The van der Waals surface area contributed by atoms with Crippen LogP contribution in [0.3, 0.4) is 0 Å². The number of aromatic nitrogens is 1. The second-order valence-corrected chi connectivity index (χ2v) is 3.26. The van der Waals surface area contributed by atoms with Crippen LogP contribution in [0.2, 0.25) is 0 Å². The lowest BCUT2D eigenvalue weighted by atomic mass is 10.1. The molecule has 0 saturated heterocycles. The molecule has 0 spiro atoms. The maximum absolute atomic E-state index is 12.2. The third-order valence-corrected chi connectivity index (χ3v) is 1.88. The molecule has 0 aliphatic heterocycles. The summed E-state index contributed by atoms with van der Waals surface area (Å²) in [6, 6.07) is 4.63. The predicted molar refractivity (Wildman–Crippen MR) is 58.8 cm³/mol. The number of aliphatic hydroxyl groups excluding tert-OH is 1. The lowest BCUT2D eigenvalue weighted by Gasteiger charge is -2.07. The molecule has 0 aliphatic carbocycles. The SMILES string of the molecule is CC(=O)C(C=Nc1ccccn1)=C(O)C(F)(F)F. The van der Waals surface area contributed by atoms with Gasteiger partial charge in [-0.25, -0.2) is 9.98 Å². The molecule has 96 valence electrons. The first-order valence-electron chi connectivity index (χ1n) is 4.79. The number of hydrogen-bond donors (Lipinski definition) is 1. The number of halogens is 3. The van der Waals surface area contributed by atoms with Crippen molar-refractivity contribution in [3.8, 4) is 0 Å². The summed E-state index contributed by atoms with van der Waals surface area (Å²) in [5.74, 6) is -2.77. The Morgan fingerprint density at radius 2 is 2.11 bits per heavy atom. The quantitative estimate of drug-likeness (QED) is 0.515. The zero-order valence-corrected chi connectivity index (χ0v) is 9.27. The number of carbonyl (C=O) groups is 1. The first-order chi connectivity index (χ1) is 8.32. The van der Waals surface area contributed by atoms with E-state index in [1.165, 1.54) is 12.3 Å². The summed E-state index contributed by atoms with van der Waals surface area (Å²) in [6.45, 7) is 0.904. The van der Waals surface area contributed by atoms with Gasteiger partial charge in [-0.05, 0) is 19.1 Å². The van der Waals surface area contributed by atoms with Crippen molar-refractivity contribution in [1.29, 1.82) is 0 Å². The van der Waals surface area contributed by atoms with Crippen molar-refractivity contribution in [1.82, 2.24) is 4.98 Å². The molecule has 0 radical (unpaired) electrons. The molecule has 0 saturated carbocycles. The molecule has 1 heterocycles.